The van der Waals surface area contributed by atoms with Crippen molar-refractivity contribution in [2.24, 2.45) is 0 Å². The Labute approximate surface area is 89.2 Å². The van der Waals surface area contributed by atoms with E-state index in [2.05, 4.69) is 22.7 Å². The summed E-state index contributed by atoms with van der Waals surface area (Å²) in [5, 5.41) is 2.95. The highest BCUT2D eigenvalue weighted by Gasteiger charge is 2.09. The van der Waals surface area contributed by atoms with E-state index in [4.69, 9.17) is 0 Å². The number of hydrogen-bond donors (Lipinski definition) is 3. The van der Waals surface area contributed by atoms with Gasteiger partial charge in [-0.2, -0.15) is 12.6 Å². The average Bonchev–Trinajstić information content (AvgIpc) is 2.19. The molecule has 0 amide bonds. The van der Waals surface area contributed by atoms with Gasteiger partial charge in [0.15, 0.2) is 0 Å². The van der Waals surface area contributed by atoms with Crippen LogP contribution >= 0.6 is 12.6 Å². The summed E-state index contributed by atoms with van der Waals surface area (Å²) in [4.78, 5) is 0.254. The van der Waals surface area contributed by atoms with Gasteiger partial charge in [0.05, 0.1) is 10.8 Å². The van der Waals surface area contributed by atoms with Crippen molar-refractivity contribution < 1.29 is 8.42 Å². The number of hydrogen-bond acceptors (Lipinski definition) is 4. The lowest BCUT2D eigenvalue weighted by molar-refractivity contribution is 0.588. The summed E-state index contributed by atoms with van der Waals surface area (Å²) in [6.45, 7) is 0. The quantitative estimate of drug-likeness (QED) is 0.534. The SMILES string of the molecule is CNS(=O)(=O)c1ccc(NCS)cc1. The normalized spacial score (nSPS) is 11.3. The minimum absolute atomic E-state index is 0.254. The van der Waals surface area contributed by atoms with Crippen molar-refractivity contribution in [1.82, 2.24) is 4.72 Å². The Balaban J connectivity index is 2.94. The monoisotopic (exact) mass is 232 g/mol. The summed E-state index contributed by atoms with van der Waals surface area (Å²) in [5.41, 5.74) is 0.843. The standard InChI is InChI=1S/C8H12N2O2S2/c1-9-14(11,12)8-4-2-7(3-5-8)10-6-13/h2-5,9-10,13H,6H2,1H3. The first-order valence-corrected chi connectivity index (χ1v) is 6.10. The van der Waals surface area contributed by atoms with Gasteiger partial charge in [-0.05, 0) is 31.3 Å². The van der Waals surface area contributed by atoms with Crippen LogP contribution in [0, 0.1) is 0 Å². The van der Waals surface area contributed by atoms with E-state index in [-0.39, 0.29) is 4.90 Å². The number of nitrogens with one attached hydrogen (secondary N) is 2. The van der Waals surface area contributed by atoms with Crippen LogP contribution in [0.15, 0.2) is 29.2 Å². The molecule has 2 N–H and O–H groups in total. The molecule has 0 aromatic heterocycles. The van der Waals surface area contributed by atoms with Crippen molar-refractivity contribution in [2.45, 2.75) is 4.90 Å². The Morgan fingerprint density at radius 2 is 1.86 bits per heavy atom. The maximum Gasteiger partial charge on any atom is 0.240 e. The molecule has 0 spiro atoms. The van der Waals surface area contributed by atoms with Gasteiger partial charge in [0, 0.05) is 5.69 Å². The number of sulfonamides is 1. The maximum atomic E-state index is 11.3. The molecule has 0 fully saturated rings. The Kier molecular flexibility index (Phi) is 3.79. The van der Waals surface area contributed by atoms with E-state index in [1.54, 1.807) is 12.1 Å². The van der Waals surface area contributed by atoms with Crippen molar-refractivity contribution in [3.05, 3.63) is 24.3 Å². The molecular weight excluding hydrogens is 220 g/mol. The van der Waals surface area contributed by atoms with Crippen LogP contribution in [0.4, 0.5) is 5.69 Å². The summed E-state index contributed by atoms with van der Waals surface area (Å²) in [6, 6.07) is 6.47. The van der Waals surface area contributed by atoms with E-state index in [0.29, 0.717) is 5.88 Å². The Morgan fingerprint density at radius 3 is 2.29 bits per heavy atom. The molecule has 0 aliphatic carbocycles. The Bertz CT molecular complexity index is 386. The van der Waals surface area contributed by atoms with Crippen LogP contribution in [-0.2, 0) is 10.0 Å². The molecule has 78 valence electrons. The molecule has 0 saturated carbocycles. The molecule has 4 nitrogen and oxygen atoms in total. The highest BCUT2D eigenvalue weighted by molar-refractivity contribution is 7.89. The first-order chi connectivity index (χ1) is 6.60. The molecule has 0 heterocycles. The summed E-state index contributed by atoms with van der Waals surface area (Å²) < 4.78 is 24.9. The van der Waals surface area contributed by atoms with Crippen LogP contribution < -0.4 is 10.0 Å². The zero-order valence-electron chi connectivity index (χ0n) is 7.69. The van der Waals surface area contributed by atoms with Gasteiger partial charge >= 0.3 is 0 Å². The van der Waals surface area contributed by atoms with Gasteiger partial charge in [-0.3, -0.25) is 0 Å². The predicted octanol–water partition coefficient (Wildman–Crippen LogP) is 0.894. The highest BCUT2D eigenvalue weighted by atomic mass is 32.2. The van der Waals surface area contributed by atoms with Gasteiger partial charge < -0.3 is 5.32 Å². The molecule has 0 bridgehead atoms. The van der Waals surface area contributed by atoms with Gasteiger partial charge in [0.1, 0.15) is 0 Å². The third-order valence-electron chi connectivity index (χ3n) is 1.72. The van der Waals surface area contributed by atoms with Gasteiger partial charge in [0.2, 0.25) is 10.0 Å². The number of thiol groups is 1. The predicted molar refractivity (Wildman–Crippen MR) is 60.2 cm³/mol. The van der Waals surface area contributed by atoms with Crippen LogP contribution in [0.1, 0.15) is 0 Å². The second kappa shape index (κ2) is 4.68. The van der Waals surface area contributed by atoms with Crippen LogP contribution in [0.2, 0.25) is 0 Å². The van der Waals surface area contributed by atoms with Crippen molar-refractivity contribution in [3.8, 4) is 0 Å². The zero-order valence-corrected chi connectivity index (χ0v) is 9.40. The lowest BCUT2D eigenvalue weighted by Gasteiger charge is -2.04. The van der Waals surface area contributed by atoms with Gasteiger partial charge in [-0.25, -0.2) is 13.1 Å². The van der Waals surface area contributed by atoms with Crippen molar-refractivity contribution in [1.29, 1.82) is 0 Å². The largest absolute Gasteiger partial charge is 0.376 e. The lowest BCUT2D eigenvalue weighted by Crippen LogP contribution is -2.18. The average molecular weight is 232 g/mol. The molecule has 6 heteroatoms. The van der Waals surface area contributed by atoms with Crippen molar-refractivity contribution in [3.63, 3.8) is 0 Å². The van der Waals surface area contributed by atoms with Crippen molar-refractivity contribution in [2.75, 3.05) is 18.2 Å². The molecule has 0 saturated heterocycles. The lowest BCUT2D eigenvalue weighted by atomic mass is 10.3. The summed E-state index contributed by atoms with van der Waals surface area (Å²) in [6.07, 6.45) is 0. The van der Waals surface area contributed by atoms with Crippen LogP contribution in [0.25, 0.3) is 0 Å². The van der Waals surface area contributed by atoms with Crippen LogP contribution in [0.5, 0.6) is 0 Å². The second-order valence-corrected chi connectivity index (χ2v) is 4.77. The summed E-state index contributed by atoms with van der Waals surface area (Å²) >= 11 is 3.99. The fourth-order valence-corrected chi connectivity index (χ4v) is 1.87. The van der Waals surface area contributed by atoms with E-state index < -0.39 is 10.0 Å². The molecule has 0 aliphatic rings. The molecular formula is C8H12N2O2S2. The zero-order chi connectivity index (χ0) is 10.6. The minimum atomic E-state index is -3.33. The summed E-state index contributed by atoms with van der Waals surface area (Å²) in [5.74, 6) is 0.512. The summed E-state index contributed by atoms with van der Waals surface area (Å²) in [7, 11) is -1.94. The number of anilines is 1. The van der Waals surface area contributed by atoms with Gasteiger partial charge in [-0.1, -0.05) is 0 Å². The molecule has 0 aliphatic heterocycles. The molecule has 1 aromatic rings. The third-order valence-corrected chi connectivity index (χ3v) is 3.30. The number of benzene rings is 1. The fraction of sp³-hybridized carbons (Fsp3) is 0.250. The van der Waals surface area contributed by atoms with Gasteiger partial charge in [0.25, 0.3) is 0 Å². The third kappa shape index (κ3) is 2.63. The smallest absolute Gasteiger partial charge is 0.240 e. The van der Waals surface area contributed by atoms with E-state index >= 15 is 0 Å². The molecule has 14 heavy (non-hydrogen) atoms. The Morgan fingerprint density at radius 1 is 1.29 bits per heavy atom. The fourth-order valence-electron chi connectivity index (χ4n) is 0.961. The molecule has 0 radical (unpaired) electrons. The van der Waals surface area contributed by atoms with E-state index in [1.807, 2.05) is 0 Å². The molecule has 0 atom stereocenters. The van der Waals surface area contributed by atoms with E-state index in [1.165, 1.54) is 19.2 Å². The van der Waals surface area contributed by atoms with Crippen LogP contribution in [0.3, 0.4) is 0 Å². The first kappa shape index (κ1) is 11.4. The first-order valence-electron chi connectivity index (χ1n) is 3.98. The molecule has 1 rings (SSSR count). The van der Waals surface area contributed by atoms with E-state index in [0.717, 1.165) is 5.69 Å². The van der Waals surface area contributed by atoms with Gasteiger partial charge in [-0.15, -0.1) is 0 Å². The Hall–Kier alpha value is -0.720. The maximum absolute atomic E-state index is 11.3. The molecule has 1 aromatic carbocycles. The van der Waals surface area contributed by atoms with Crippen molar-refractivity contribution >= 4 is 28.3 Å². The highest BCUT2D eigenvalue weighted by Crippen LogP contribution is 2.13. The van der Waals surface area contributed by atoms with E-state index in [9.17, 15) is 8.42 Å². The molecule has 0 unspecified atom stereocenters. The van der Waals surface area contributed by atoms with Crippen LogP contribution in [-0.4, -0.2) is 21.3 Å². The number of rotatable bonds is 4. The second-order valence-electron chi connectivity index (χ2n) is 2.57. The minimum Gasteiger partial charge on any atom is -0.376 e. The topological polar surface area (TPSA) is 58.2 Å².